The topological polar surface area (TPSA) is 69.7 Å². The van der Waals surface area contributed by atoms with Crippen LogP contribution in [0.1, 0.15) is 40.0 Å². The number of hydrogen-bond donors (Lipinski definition) is 1. The molecule has 1 saturated heterocycles. The van der Waals surface area contributed by atoms with Gasteiger partial charge in [-0.1, -0.05) is 30.0 Å². The highest BCUT2D eigenvalue weighted by Gasteiger charge is 2.36. The van der Waals surface area contributed by atoms with Crippen LogP contribution in [0.25, 0.3) is 0 Å². The fourth-order valence-corrected chi connectivity index (χ4v) is 6.01. The third kappa shape index (κ3) is 5.03. The zero-order chi connectivity index (χ0) is 22.7. The van der Waals surface area contributed by atoms with Gasteiger partial charge >= 0.3 is 0 Å². The van der Waals surface area contributed by atoms with Gasteiger partial charge in [0.15, 0.2) is 11.5 Å². The maximum atomic E-state index is 12.9. The Balaban J connectivity index is 1.23. The van der Waals surface area contributed by atoms with Crippen LogP contribution in [-0.2, 0) is 15.9 Å². The lowest BCUT2D eigenvalue weighted by atomic mass is 9.74. The van der Waals surface area contributed by atoms with E-state index in [2.05, 4.69) is 27.8 Å². The summed E-state index contributed by atoms with van der Waals surface area (Å²) in [6.07, 6.45) is 1.69. The molecule has 0 aliphatic carbocycles. The van der Waals surface area contributed by atoms with Gasteiger partial charge in [-0.25, -0.2) is 4.98 Å². The van der Waals surface area contributed by atoms with Gasteiger partial charge in [0.2, 0.25) is 6.79 Å². The highest BCUT2D eigenvalue weighted by atomic mass is 32.2. The van der Waals surface area contributed by atoms with E-state index in [0.29, 0.717) is 25.3 Å². The number of nitrogens with one attached hydrogen (secondary N) is 1. The second-order valence-electron chi connectivity index (χ2n) is 8.38. The Labute approximate surface area is 201 Å². The van der Waals surface area contributed by atoms with Crippen molar-refractivity contribution in [2.24, 2.45) is 0 Å². The van der Waals surface area contributed by atoms with Crippen molar-refractivity contribution in [1.82, 2.24) is 10.3 Å². The molecule has 6 nitrogen and oxygen atoms in total. The molecule has 2 aliphatic heterocycles. The van der Waals surface area contributed by atoms with Crippen LogP contribution in [0.4, 0.5) is 0 Å². The van der Waals surface area contributed by atoms with E-state index >= 15 is 0 Å². The summed E-state index contributed by atoms with van der Waals surface area (Å²) in [7, 11) is 0. The molecule has 0 atom stereocenters. The van der Waals surface area contributed by atoms with E-state index in [1.54, 1.807) is 23.1 Å². The summed E-state index contributed by atoms with van der Waals surface area (Å²) >= 11 is 3.38. The van der Waals surface area contributed by atoms with E-state index in [1.165, 1.54) is 5.56 Å². The molecule has 0 saturated carbocycles. The SMILES string of the molecule is Cc1csc(SCc2ccc(C(=O)NCC3(c4ccc5c(c4)OCO5)CCOCC3)cc2)n1. The smallest absolute Gasteiger partial charge is 0.251 e. The molecule has 3 heterocycles. The van der Waals surface area contributed by atoms with E-state index in [-0.39, 0.29) is 18.1 Å². The first-order valence-corrected chi connectivity index (χ1v) is 12.9. The second kappa shape index (κ2) is 9.75. The maximum absolute atomic E-state index is 12.9. The summed E-state index contributed by atoms with van der Waals surface area (Å²) in [5.74, 6) is 2.32. The number of ether oxygens (including phenoxy) is 3. The fourth-order valence-electron chi connectivity index (χ4n) is 4.20. The summed E-state index contributed by atoms with van der Waals surface area (Å²) in [6, 6.07) is 13.9. The summed E-state index contributed by atoms with van der Waals surface area (Å²) < 4.78 is 17.7. The minimum Gasteiger partial charge on any atom is -0.454 e. The van der Waals surface area contributed by atoms with Crippen LogP contribution in [0, 0.1) is 6.92 Å². The maximum Gasteiger partial charge on any atom is 0.251 e. The molecular formula is C25H26N2O4S2. The first-order chi connectivity index (χ1) is 16.1. The minimum absolute atomic E-state index is 0.0589. The highest BCUT2D eigenvalue weighted by molar-refractivity contribution is 8.00. The summed E-state index contributed by atoms with van der Waals surface area (Å²) in [5.41, 5.74) is 3.86. The molecule has 33 heavy (non-hydrogen) atoms. The van der Waals surface area contributed by atoms with Gasteiger partial charge < -0.3 is 19.5 Å². The Bertz CT molecular complexity index is 1120. The van der Waals surface area contributed by atoms with E-state index < -0.39 is 0 Å². The Kier molecular flexibility index (Phi) is 6.57. The molecule has 0 bridgehead atoms. The van der Waals surface area contributed by atoms with Gasteiger partial charge in [-0.3, -0.25) is 4.79 Å². The number of fused-ring (bicyclic) bond motifs is 1. The van der Waals surface area contributed by atoms with Crippen molar-refractivity contribution in [2.45, 2.75) is 35.3 Å². The van der Waals surface area contributed by atoms with Gasteiger partial charge in [-0.15, -0.1) is 11.3 Å². The van der Waals surface area contributed by atoms with Crippen molar-refractivity contribution in [3.05, 3.63) is 70.2 Å². The van der Waals surface area contributed by atoms with Crippen molar-refractivity contribution < 1.29 is 19.0 Å². The lowest BCUT2D eigenvalue weighted by molar-refractivity contribution is 0.0486. The van der Waals surface area contributed by atoms with Crippen LogP contribution in [0.5, 0.6) is 11.5 Å². The summed E-state index contributed by atoms with van der Waals surface area (Å²) in [5, 5.41) is 5.24. The number of amides is 1. The average Bonchev–Trinajstić information content (AvgIpc) is 3.50. The van der Waals surface area contributed by atoms with Gasteiger partial charge in [0.1, 0.15) is 4.34 Å². The number of aryl methyl sites for hydroxylation is 1. The fraction of sp³-hybridized carbons (Fsp3) is 0.360. The number of carbonyl (C=O) groups is 1. The van der Waals surface area contributed by atoms with Crippen LogP contribution >= 0.6 is 23.1 Å². The van der Waals surface area contributed by atoms with Crippen LogP contribution < -0.4 is 14.8 Å². The third-order valence-corrected chi connectivity index (χ3v) is 8.41. The number of thioether (sulfide) groups is 1. The van der Waals surface area contributed by atoms with Gasteiger partial charge in [-0.2, -0.15) is 0 Å². The zero-order valence-corrected chi connectivity index (χ0v) is 20.1. The number of rotatable bonds is 7. The monoisotopic (exact) mass is 482 g/mol. The number of aromatic nitrogens is 1. The predicted molar refractivity (Wildman–Crippen MR) is 129 cm³/mol. The molecule has 172 valence electrons. The molecule has 2 aromatic carbocycles. The zero-order valence-electron chi connectivity index (χ0n) is 18.5. The Morgan fingerprint density at radius 3 is 2.67 bits per heavy atom. The Morgan fingerprint density at radius 1 is 1.12 bits per heavy atom. The van der Waals surface area contributed by atoms with E-state index in [1.807, 2.05) is 37.3 Å². The van der Waals surface area contributed by atoms with Crippen LogP contribution in [0.3, 0.4) is 0 Å². The lowest BCUT2D eigenvalue weighted by Gasteiger charge is -2.38. The largest absolute Gasteiger partial charge is 0.454 e. The molecule has 1 aromatic heterocycles. The molecule has 8 heteroatoms. The molecule has 1 fully saturated rings. The third-order valence-electron chi connectivity index (χ3n) is 6.20. The first kappa shape index (κ1) is 22.3. The van der Waals surface area contributed by atoms with Crippen LogP contribution in [0.15, 0.2) is 52.2 Å². The van der Waals surface area contributed by atoms with Crippen molar-refractivity contribution in [1.29, 1.82) is 0 Å². The molecule has 2 aliphatic rings. The molecule has 1 amide bonds. The predicted octanol–water partition coefficient (Wildman–Crippen LogP) is 4.95. The van der Waals surface area contributed by atoms with E-state index in [4.69, 9.17) is 14.2 Å². The first-order valence-electron chi connectivity index (χ1n) is 11.0. The Morgan fingerprint density at radius 2 is 1.91 bits per heavy atom. The molecule has 0 unspecified atom stereocenters. The number of hydrogen-bond acceptors (Lipinski definition) is 7. The molecule has 5 rings (SSSR count). The van der Waals surface area contributed by atoms with Crippen molar-refractivity contribution >= 4 is 29.0 Å². The number of nitrogens with zero attached hydrogens (tertiary/aromatic N) is 1. The standard InChI is InChI=1S/C25H26N2O4S2/c1-17-13-32-24(27-17)33-14-18-2-4-19(5-3-18)23(28)26-15-25(8-10-29-11-9-25)20-6-7-21-22(12-20)31-16-30-21/h2-7,12-13H,8-11,14-16H2,1H3,(H,26,28). The highest BCUT2D eigenvalue weighted by Crippen LogP contribution is 2.40. The van der Waals surface area contributed by atoms with E-state index in [0.717, 1.165) is 45.7 Å². The molecule has 1 N–H and O–H groups in total. The van der Waals surface area contributed by atoms with Gasteiger partial charge in [0.05, 0.1) is 0 Å². The van der Waals surface area contributed by atoms with Crippen LogP contribution in [0.2, 0.25) is 0 Å². The van der Waals surface area contributed by atoms with E-state index in [9.17, 15) is 4.79 Å². The minimum atomic E-state index is -0.183. The van der Waals surface area contributed by atoms with Gasteiger partial charge in [-0.05, 0) is 55.2 Å². The second-order valence-corrected chi connectivity index (χ2v) is 10.5. The van der Waals surface area contributed by atoms with Gasteiger partial charge in [0, 0.05) is 47.6 Å². The summed E-state index contributed by atoms with van der Waals surface area (Å²) in [4.78, 5) is 17.4. The molecule has 3 aromatic rings. The van der Waals surface area contributed by atoms with Crippen LogP contribution in [-0.4, -0.2) is 37.4 Å². The normalized spacial score (nSPS) is 16.5. The average molecular weight is 483 g/mol. The van der Waals surface area contributed by atoms with Crippen molar-refractivity contribution in [2.75, 3.05) is 26.6 Å². The van der Waals surface area contributed by atoms with Crippen molar-refractivity contribution in [3.63, 3.8) is 0 Å². The number of benzene rings is 2. The molecular weight excluding hydrogens is 456 g/mol. The molecule has 0 spiro atoms. The lowest BCUT2D eigenvalue weighted by Crippen LogP contribution is -2.44. The number of thiazole rings is 1. The summed E-state index contributed by atoms with van der Waals surface area (Å²) in [6.45, 7) is 4.16. The molecule has 0 radical (unpaired) electrons. The number of carbonyl (C=O) groups excluding carboxylic acids is 1. The van der Waals surface area contributed by atoms with Gasteiger partial charge in [0.25, 0.3) is 5.91 Å². The quantitative estimate of drug-likeness (QED) is 0.481. The Hall–Kier alpha value is -2.55. The van der Waals surface area contributed by atoms with Crippen molar-refractivity contribution in [3.8, 4) is 11.5 Å².